The fourth-order valence-corrected chi connectivity index (χ4v) is 3.00. The van der Waals surface area contributed by atoms with Crippen molar-refractivity contribution >= 4 is 34.8 Å². The first-order chi connectivity index (χ1) is 15.4. The van der Waals surface area contributed by atoms with Gasteiger partial charge >= 0.3 is 0 Å². The second-order valence-electron chi connectivity index (χ2n) is 6.73. The van der Waals surface area contributed by atoms with Crippen molar-refractivity contribution in [3.8, 4) is 5.75 Å². The largest absolute Gasteiger partial charge is 0.494 e. The van der Waals surface area contributed by atoms with Crippen molar-refractivity contribution in [3.63, 3.8) is 0 Å². The van der Waals surface area contributed by atoms with Crippen molar-refractivity contribution in [1.29, 1.82) is 0 Å². The van der Waals surface area contributed by atoms with Crippen LogP contribution in [0.4, 0.5) is 27.4 Å². The van der Waals surface area contributed by atoms with E-state index in [1.165, 1.54) is 27.4 Å². The Morgan fingerprint density at radius 2 is 1.56 bits per heavy atom. The standard InChI is InChI=1S/C22H23FN6O3/c1-12-8-18(27-11-15(12)23)29-19-9-17(14(10-26-19)22(31)25-3)28-16-7-5-6-13(20(16)32-4)21(30)24-2/h5-11H,1-4H3,(H,24,30)(H,25,31)(H2,26,27,28,29). The highest BCUT2D eigenvalue weighted by Crippen LogP contribution is 2.33. The molecule has 0 atom stereocenters. The minimum atomic E-state index is -0.413. The number of anilines is 4. The molecule has 0 spiro atoms. The Morgan fingerprint density at radius 1 is 0.906 bits per heavy atom. The lowest BCUT2D eigenvalue weighted by Crippen LogP contribution is -2.20. The number of aromatic nitrogens is 2. The van der Waals surface area contributed by atoms with Gasteiger partial charge in [-0.1, -0.05) is 6.07 Å². The van der Waals surface area contributed by atoms with Crippen molar-refractivity contribution in [2.45, 2.75) is 6.92 Å². The van der Waals surface area contributed by atoms with Gasteiger partial charge in [0.05, 0.1) is 35.8 Å². The van der Waals surface area contributed by atoms with Crippen LogP contribution in [0, 0.1) is 12.7 Å². The summed E-state index contributed by atoms with van der Waals surface area (Å²) in [6.45, 7) is 1.63. The van der Waals surface area contributed by atoms with Gasteiger partial charge in [-0.25, -0.2) is 14.4 Å². The molecule has 2 heterocycles. The molecule has 32 heavy (non-hydrogen) atoms. The quantitative estimate of drug-likeness (QED) is 0.448. The van der Waals surface area contributed by atoms with E-state index in [1.54, 1.807) is 37.3 Å². The Hall–Kier alpha value is -4.21. The van der Waals surface area contributed by atoms with Crippen molar-refractivity contribution in [3.05, 3.63) is 65.2 Å². The maximum Gasteiger partial charge on any atom is 0.254 e. The predicted octanol–water partition coefficient (Wildman–Crippen LogP) is 3.14. The van der Waals surface area contributed by atoms with Gasteiger partial charge in [-0.2, -0.15) is 0 Å². The second kappa shape index (κ2) is 9.73. The molecule has 3 rings (SSSR count). The van der Waals surface area contributed by atoms with Crippen LogP contribution in [0.2, 0.25) is 0 Å². The molecular weight excluding hydrogens is 415 g/mol. The lowest BCUT2D eigenvalue weighted by Gasteiger charge is -2.17. The number of hydrogen-bond acceptors (Lipinski definition) is 7. The number of halogens is 1. The zero-order chi connectivity index (χ0) is 23.3. The highest BCUT2D eigenvalue weighted by molar-refractivity contribution is 6.02. The number of rotatable bonds is 7. The number of nitrogens with zero attached hydrogens (tertiary/aromatic N) is 2. The normalized spacial score (nSPS) is 10.3. The lowest BCUT2D eigenvalue weighted by molar-refractivity contribution is 0.0953. The van der Waals surface area contributed by atoms with E-state index in [0.717, 1.165) is 6.20 Å². The summed E-state index contributed by atoms with van der Waals surface area (Å²) in [5.41, 5.74) is 1.92. The van der Waals surface area contributed by atoms with Crippen LogP contribution in [0.1, 0.15) is 26.3 Å². The minimum absolute atomic E-state index is 0.272. The molecule has 0 bridgehead atoms. The molecule has 3 aromatic rings. The first kappa shape index (κ1) is 22.5. The third kappa shape index (κ3) is 4.75. The van der Waals surface area contributed by atoms with Gasteiger partial charge in [0.25, 0.3) is 11.8 Å². The molecule has 0 radical (unpaired) electrons. The molecule has 9 nitrogen and oxygen atoms in total. The highest BCUT2D eigenvalue weighted by Gasteiger charge is 2.18. The molecule has 0 aliphatic heterocycles. The van der Waals surface area contributed by atoms with E-state index in [-0.39, 0.29) is 17.4 Å². The van der Waals surface area contributed by atoms with Crippen LogP contribution in [0.3, 0.4) is 0 Å². The minimum Gasteiger partial charge on any atom is -0.494 e. The van der Waals surface area contributed by atoms with Gasteiger partial charge in [-0.15, -0.1) is 0 Å². The number of benzene rings is 1. The topological polar surface area (TPSA) is 117 Å². The molecule has 2 amide bonds. The average Bonchev–Trinajstić information content (AvgIpc) is 2.80. The van der Waals surface area contributed by atoms with E-state index >= 15 is 0 Å². The van der Waals surface area contributed by atoms with Gasteiger partial charge < -0.3 is 26.0 Å². The molecule has 166 valence electrons. The molecule has 4 N–H and O–H groups in total. The summed E-state index contributed by atoms with van der Waals surface area (Å²) in [7, 11) is 4.49. The summed E-state index contributed by atoms with van der Waals surface area (Å²) >= 11 is 0. The molecule has 0 fully saturated rings. The van der Waals surface area contributed by atoms with Gasteiger partial charge in [0.1, 0.15) is 17.5 Å². The van der Waals surface area contributed by atoms with Crippen LogP contribution in [0.15, 0.2) is 42.7 Å². The number of carbonyl (C=O) groups excluding carboxylic acids is 2. The van der Waals surface area contributed by atoms with E-state index in [1.807, 2.05) is 0 Å². The number of ether oxygens (including phenoxy) is 1. The van der Waals surface area contributed by atoms with Gasteiger partial charge in [0.15, 0.2) is 5.75 Å². The number of carbonyl (C=O) groups is 2. The third-order valence-electron chi connectivity index (χ3n) is 4.64. The van der Waals surface area contributed by atoms with E-state index in [9.17, 15) is 14.0 Å². The zero-order valence-corrected chi connectivity index (χ0v) is 18.0. The molecule has 0 saturated carbocycles. The Kier molecular flexibility index (Phi) is 6.83. The first-order valence-corrected chi connectivity index (χ1v) is 9.65. The summed E-state index contributed by atoms with van der Waals surface area (Å²) in [6.07, 6.45) is 2.51. The van der Waals surface area contributed by atoms with E-state index in [0.29, 0.717) is 39.9 Å². The van der Waals surface area contributed by atoms with Gasteiger partial charge in [-0.05, 0) is 30.7 Å². The lowest BCUT2D eigenvalue weighted by atomic mass is 10.1. The molecule has 2 aromatic heterocycles. The summed E-state index contributed by atoms with van der Waals surface area (Å²) in [4.78, 5) is 32.8. The van der Waals surface area contributed by atoms with Crippen LogP contribution in [0.5, 0.6) is 5.75 Å². The number of para-hydroxylation sites is 1. The molecule has 0 aliphatic rings. The second-order valence-corrected chi connectivity index (χ2v) is 6.73. The number of pyridine rings is 2. The highest BCUT2D eigenvalue weighted by atomic mass is 19.1. The van der Waals surface area contributed by atoms with E-state index < -0.39 is 5.82 Å². The summed E-state index contributed by atoms with van der Waals surface area (Å²) in [6, 6.07) is 8.20. The SMILES string of the molecule is CNC(=O)c1cnc(Nc2cc(C)c(F)cn2)cc1Nc1cccc(C(=O)NC)c1OC. The summed E-state index contributed by atoms with van der Waals surface area (Å²) in [5, 5.41) is 11.3. The van der Waals surface area contributed by atoms with Crippen molar-refractivity contribution in [2.24, 2.45) is 0 Å². The monoisotopic (exact) mass is 438 g/mol. The van der Waals surface area contributed by atoms with Crippen LogP contribution >= 0.6 is 0 Å². The van der Waals surface area contributed by atoms with Crippen LogP contribution in [-0.4, -0.2) is 43.0 Å². The smallest absolute Gasteiger partial charge is 0.254 e. The fourth-order valence-electron chi connectivity index (χ4n) is 3.00. The fraction of sp³-hybridized carbons (Fsp3) is 0.182. The van der Waals surface area contributed by atoms with Crippen LogP contribution in [0.25, 0.3) is 0 Å². The van der Waals surface area contributed by atoms with E-state index in [2.05, 4.69) is 31.2 Å². The number of nitrogens with one attached hydrogen (secondary N) is 4. The van der Waals surface area contributed by atoms with Crippen molar-refractivity contribution in [1.82, 2.24) is 20.6 Å². The molecule has 0 unspecified atom stereocenters. The number of hydrogen-bond donors (Lipinski definition) is 4. The molecule has 0 aliphatic carbocycles. The first-order valence-electron chi connectivity index (χ1n) is 9.65. The number of aryl methyl sites for hydroxylation is 1. The predicted molar refractivity (Wildman–Crippen MR) is 120 cm³/mol. The summed E-state index contributed by atoms with van der Waals surface area (Å²) in [5.74, 6) is 0.00526. The Balaban J connectivity index is 2.02. The number of methoxy groups -OCH3 is 1. The Morgan fingerprint density at radius 3 is 2.22 bits per heavy atom. The maximum atomic E-state index is 13.5. The molecule has 10 heteroatoms. The van der Waals surface area contributed by atoms with Crippen molar-refractivity contribution in [2.75, 3.05) is 31.8 Å². The van der Waals surface area contributed by atoms with Gasteiger partial charge in [0, 0.05) is 26.4 Å². The van der Waals surface area contributed by atoms with E-state index in [4.69, 9.17) is 4.74 Å². The molecule has 1 aromatic carbocycles. The summed E-state index contributed by atoms with van der Waals surface area (Å²) < 4.78 is 19.0. The van der Waals surface area contributed by atoms with Crippen LogP contribution < -0.4 is 26.0 Å². The Bertz CT molecular complexity index is 1170. The molecule has 0 saturated heterocycles. The zero-order valence-electron chi connectivity index (χ0n) is 18.0. The van der Waals surface area contributed by atoms with Gasteiger partial charge in [-0.3, -0.25) is 9.59 Å². The number of amides is 2. The Labute approximate surface area is 184 Å². The van der Waals surface area contributed by atoms with Crippen molar-refractivity contribution < 1.29 is 18.7 Å². The third-order valence-corrected chi connectivity index (χ3v) is 4.64. The maximum absolute atomic E-state index is 13.5. The molecular formula is C22H23FN6O3. The van der Waals surface area contributed by atoms with Gasteiger partial charge in [0.2, 0.25) is 0 Å². The average molecular weight is 438 g/mol. The van der Waals surface area contributed by atoms with Crippen LogP contribution in [-0.2, 0) is 0 Å².